The Balaban J connectivity index is 1.57. The van der Waals surface area contributed by atoms with Gasteiger partial charge in [0.25, 0.3) is 0 Å². The largest absolute Gasteiger partial charge is 0.355 e. The molecule has 6 nitrogen and oxygen atoms in total. The SMILES string of the molecule is CCCCc1nc(C)cc(N2CCCN(CC(=O)N3CCCC3)CC2)n1. The molecule has 0 bridgehead atoms. The number of hydrogen-bond acceptors (Lipinski definition) is 5. The Labute approximate surface area is 157 Å². The molecule has 2 fully saturated rings. The van der Waals surface area contributed by atoms with Crippen LogP contribution >= 0.6 is 0 Å². The van der Waals surface area contributed by atoms with E-state index in [-0.39, 0.29) is 0 Å². The van der Waals surface area contributed by atoms with Crippen molar-refractivity contribution < 1.29 is 4.79 Å². The summed E-state index contributed by atoms with van der Waals surface area (Å²) >= 11 is 0. The van der Waals surface area contributed by atoms with Gasteiger partial charge in [0.2, 0.25) is 5.91 Å². The third kappa shape index (κ3) is 5.16. The summed E-state index contributed by atoms with van der Waals surface area (Å²) in [4.78, 5) is 28.5. The summed E-state index contributed by atoms with van der Waals surface area (Å²) in [6.07, 6.45) is 6.64. The first-order chi connectivity index (χ1) is 12.7. The molecule has 0 spiro atoms. The van der Waals surface area contributed by atoms with Crippen molar-refractivity contribution in [2.45, 2.75) is 52.4 Å². The molecule has 2 aliphatic rings. The Hall–Kier alpha value is -1.69. The van der Waals surface area contributed by atoms with Crippen molar-refractivity contribution in [1.82, 2.24) is 19.8 Å². The van der Waals surface area contributed by atoms with Gasteiger partial charge in [-0.05, 0) is 32.6 Å². The lowest BCUT2D eigenvalue weighted by Gasteiger charge is -2.24. The molecule has 144 valence electrons. The Morgan fingerprint density at radius 1 is 1.04 bits per heavy atom. The number of carbonyl (C=O) groups is 1. The van der Waals surface area contributed by atoms with E-state index in [9.17, 15) is 4.79 Å². The van der Waals surface area contributed by atoms with E-state index >= 15 is 0 Å². The van der Waals surface area contributed by atoms with E-state index in [1.54, 1.807) is 0 Å². The van der Waals surface area contributed by atoms with E-state index in [0.717, 1.165) is 95.1 Å². The predicted octanol–water partition coefficient (Wildman–Crippen LogP) is 2.26. The van der Waals surface area contributed by atoms with Crippen LogP contribution in [0.25, 0.3) is 0 Å². The fourth-order valence-corrected chi connectivity index (χ4v) is 3.84. The van der Waals surface area contributed by atoms with Gasteiger partial charge in [0.1, 0.15) is 11.6 Å². The molecule has 0 radical (unpaired) electrons. The van der Waals surface area contributed by atoms with Crippen molar-refractivity contribution in [2.75, 3.05) is 50.7 Å². The maximum Gasteiger partial charge on any atom is 0.236 e. The molecule has 0 unspecified atom stereocenters. The van der Waals surface area contributed by atoms with Crippen molar-refractivity contribution in [3.05, 3.63) is 17.6 Å². The van der Waals surface area contributed by atoms with Gasteiger partial charge < -0.3 is 9.80 Å². The van der Waals surface area contributed by atoms with Gasteiger partial charge in [0, 0.05) is 57.4 Å². The van der Waals surface area contributed by atoms with Crippen LogP contribution in [0.15, 0.2) is 6.07 Å². The predicted molar refractivity (Wildman–Crippen MR) is 104 cm³/mol. The minimum atomic E-state index is 0.302. The zero-order valence-corrected chi connectivity index (χ0v) is 16.4. The van der Waals surface area contributed by atoms with Gasteiger partial charge in [0.15, 0.2) is 0 Å². The summed E-state index contributed by atoms with van der Waals surface area (Å²) in [6.45, 7) is 10.5. The van der Waals surface area contributed by atoms with Gasteiger partial charge in [-0.2, -0.15) is 0 Å². The first kappa shape index (κ1) is 19.1. The fraction of sp³-hybridized carbons (Fsp3) is 0.750. The number of amides is 1. The molecule has 3 rings (SSSR count). The number of carbonyl (C=O) groups excluding carboxylic acids is 1. The van der Waals surface area contributed by atoms with E-state index in [0.29, 0.717) is 12.5 Å². The number of nitrogens with zero attached hydrogens (tertiary/aromatic N) is 5. The van der Waals surface area contributed by atoms with Gasteiger partial charge in [-0.3, -0.25) is 9.69 Å². The molecule has 0 N–H and O–H groups in total. The molecule has 6 heteroatoms. The number of unbranched alkanes of at least 4 members (excludes halogenated alkanes) is 1. The maximum atomic E-state index is 12.4. The highest BCUT2D eigenvalue weighted by Gasteiger charge is 2.23. The van der Waals surface area contributed by atoms with Gasteiger partial charge in [-0.25, -0.2) is 9.97 Å². The van der Waals surface area contributed by atoms with Crippen LogP contribution in [0.3, 0.4) is 0 Å². The summed E-state index contributed by atoms with van der Waals surface area (Å²) in [5.74, 6) is 2.32. The van der Waals surface area contributed by atoms with Crippen LogP contribution in [0.5, 0.6) is 0 Å². The molecule has 1 aromatic rings. The molecular weight excluding hydrogens is 326 g/mol. The second-order valence-electron chi connectivity index (χ2n) is 7.59. The average molecular weight is 360 g/mol. The standard InChI is InChI=1S/C20H33N5O/c1-3-4-8-18-21-17(2)15-19(22-18)24-12-7-9-23(13-14-24)16-20(26)25-10-5-6-11-25/h15H,3-14,16H2,1-2H3. The number of rotatable bonds is 6. The second kappa shape index (κ2) is 9.31. The topological polar surface area (TPSA) is 52.6 Å². The van der Waals surface area contributed by atoms with Crippen LogP contribution in [-0.4, -0.2) is 71.5 Å². The summed E-state index contributed by atoms with van der Waals surface area (Å²) < 4.78 is 0. The monoisotopic (exact) mass is 359 g/mol. The van der Waals surface area contributed by atoms with E-state index in [4.69, 9.17) is 4.98 Å². The Bertz CT molecular complexity index is 600. The van der Waals surface area contributed by atoms with E-state index in [1.165, 1.54) is 0 Å². The molecule has 3 heterocycles. The molecule has 0 aromatic carbocycles. The quantitative estimate of drug-likeness (QED) is 0.780. The van der Waals surface area contributed by atoms with Gasteiger partial charge in [0.05, 0.1) is 6.54 Å². The number of hydrogen-bond donors (Lipinski definition) is 0. The van der Waals surface area contributed by atoms with E-state index in [1.807, 2.05) is 4.90 Å². The lowest BCUT2D eigenvalue weighted by atomic mass is 10.2. The van der Waals surface area contributed by atoms with Crippen molar-refractivity contribution >= 4 is 11.7 Å². The zero-order valence-electron chi connectivity index (χ0n) is 16.4. The lowest BCUT2D eigenvalue weighted by molar-refractivity contribution is -0.131. The first-order valence-corrected chi connectivity index (χ1v) is 10.3. The highest BCUT2D eigenvalue weighted by molar-refractivity contribution is 5.78. The van der Waals surface area contributed by atoms with E-state index < -0.39 is 0 Å². The normalized spacial score (nSPS) is 19.0. The van der Waals surface area contributed by atoms with E-state index in [2.05, 4.69) is 34.7 Å². The molecule has 26 heavy (non-hydrogen) atoms. The van der Waals surface area contributed by atoms with Gasteiger partial charge in [-0.1, -0.05) is 13.3 Å². The molecule has 0 saturated carbocycles. The highest BCUT2D eigenvalue weighted by Crippen LogP contribution is 2.17. The molecule has 2 saturated heterocycles. The number of aromatic nitrogens is 2. The molecular formula is C20H33N5O. The molecule has 2 aliphatic heterocycles. The van der Waals surface area contributed by atoms with Crippen LogP contribution < -0.4 is 4.90 Å². The lowest BCUT2D eigenvalue weighted by Crippen LogP contribution is -2.40. The molecule has 0 atom stereocenters. The minimum absolute atomic E-state index is 0.302. The molecule has 1 aromatic heterocycles. The fourth-order valence-electron chi connectivity index (χ4n) is 3.84. The molecule has 0 aliphatic carbocycles. The summed E-state index contributed by atoms with van der Waals surface area (Å²) in [5, 5.41) is 0. The number of likely N-dealkylation sites (tertiary alicyclic amines) is 1. The van der Waals surface area contributed by atoms with Crippen LogP contribution in [0.4, 0.5) is 5.82 Å². The Kier molecular flexibility index (Phi) is 6.83. The van der Waals surface area contributed by atoms with Gasteiger partial charge >= 0.3 is 0 Å². The zero-order chi connectivity index (χ0) is 18.4. The van der Waals surface area contributed by atoms with Crippen LogP contribution in [-0.2, 0) is 11.2 Å². The van der Waals surface area contributed by atoms with Crippen LogP contribution in [0, 0.1) is 6.92 Å². The third-order valence-corrected chi connectivity index (χ3v) is 5.37. The third-order valence-electron chi connectivity index (χ3n) is 5.37. The van der Waals surface area contributed by atoms with Crippen molar-refractivity contribution in [1.29, 1.82) is 0 Å². The summed E-state index contributed by atoms with van der Waals surface area (Å²) in [7, 11) is 0. The highest BCUT2D eigenvalue weighted by atomic mass is 16.2. The summed E-state index contributed by atoms with van der Waals surface area (Å²) in [5.41, 5.74) is 1.05. The van der Waals surface area contributed by atoms with Crippen molar-refractivity contribution in [3.63, 3.8) is 0 Å². The van der Waals surface area contributed by atoms with Crippen molar-refractivity contribution in [3.8, 4) is 0 Å². The van der Waals surface area contributed by atoms with Crippen molar-refractivity contribution in [2.24, 2.45) is 0 Å². The smallest absolute Gasteiger partial charge is 0.236 e. The average Bonchev–Trinajstić information content (AvgIpc) is 3.07. The minimum Gasteiger partial charge on any atom is -0.355 e. The number of anilines is 1. The summed E-state index contributed by atoms with van der Waals surface area (Å²) in [6, 6.07) is 2.10. The maximum absolute atomic E-state index is 12.4. The van der Waals surface area contributed by atoms with Crippen LogP contribution in [0.2, 0.25) is 0 Å². The second-order valence-corrected chi connectivity index (χ2v) is 7.59. The number of aryl methyl sites for hydroxylation is 2. The Morgan fingerprint density at radius 2 is 1.85 bits per heavy atom. The molecule has 1 amide bonds. The van der Waals surface area contributed by atoms with Gasteiger partial charge in [-0.15, -0.1) is 0 Å². The first-order valence-electron chi connectivity index (χ1n) is 10.3. The Morgan fingerprint density at radius 3 is 2.62 bits per heavy atom. The van der Waals surface area contributed by atoms with Crippen LogP contribution in [0.1, 0.15) is 50.5 Å².